The predicted octanol–water partition coefficient (Wildman–Crippen LogP) is 8.36. The summed E-state index contributed by atoms with van der Waals surface area (Å²) in [5.41, 5.74) is 9.64. The van der Waals surface area contributed by atoms with E-state index in [1.165, 1.54) is 70.9 Å². The molecule has 0 bridgehead atoms. The summed E-state index contributed by atoms with van der Waals surface area (Å²) in [4.78, 5) is 0. The van der Waals surface area contributed by atoms with E-state index < -0.39 is 0 Å². The second-order valence-electron chi connectivity index (χ2n) is 10.7. The Bertz CT molecular complexity index is 1980. The van der Waals surface area contributed by atoms with Crippen molar-refractivity contribution < 1.29 is 0 Å². The Morgan fingerprint density at radius 3 is 2.16 bits per heavy atom. The molecule has 0 aliphatic heterocycles. The van der Waals surface area contributed by atoms with Crippen molar-refractivity contribution in [2.24, 2.45) is 5.92 Å². The molecule has 0 aromatic heterocycles. The summed E-state index contributed by atoms with van der Waals surface area (Å²) in [6.07, 6.45) is 19.6. The first kappa shape index (κ1) is 21.6. The van der Waals surface area contributed by atoms with Crippen molar-refractivity contribution in [1.29, 1.82) is 0 Å². The van der Waals surface area contributed by atoms with Crippen LogP contribution in [0.15, 0.2) is 115 Å². The zero-order valence-electron chi connectivity index (χ0n) is 21.3. The minimum absolute atomic E-state index is 0.500. The van der Waals surface area contributed by atoms with Crippen molar-refractivity contribution in [3.05, 3.63) is 136 Å². The molecule has 3 aliphatic carbocycles. The Morgan fingerprint density at radius 1 is 0.579 bits per heavy atom. The van der Waals surface area contributed by atoms with Gasteiger partial charge in [-0.15, -0.1) is 0 Å². The Kier molecular flexibility index (Phi) is 4.88. The van der Waals surface area contributed by atoms with Crippen LogP contribution in [0.1, 0.15) is 24.0 Å². The normalized spacial score (nSPS) is 17.3. The van der Waals surface area contributed by atoms with Crippen molar-refractivity contribution in [3.63, 3.8) is 0 Å². The number of benzene rings is 5. The van der Waals surface area contributed by atoms with E-state index in [2.05, 4.69) is 127 Å². The van der Waals surface area contributed by atoms with Gasteiger partial charge in [-0.3, -0.25) is 0 Å². The van der Waals surface area contributed by atoms with Gasteiger partial charge < -0.3 is 0 Å². The van der Waals surface area contributed by atoms with Crippen LogP contribution in [0.4, 0.5) is 0 Å². The quantitative estimate of drug-likeness (QED) is 0.236. The summed E-state index contributed by atoms with van der Waals surface area (Å²) in [6, 6.07) is 31.6. The molecule has 5 aromatic rings. The first-order valence-electron chi connectivity index (χ1n) is 13.8. The fourth-order valence-electron chi connectivity index (χ4n) is 6.90. The van der Waals surface area contributed by atoms with Crippen LogP contribution >= 0.6 is 0 Å². The predicted molar refractivity (Wildman–Crippen MR) is 163 cm³/mol. The molecule has 1 atom stereocenters. The molecule has 5 aromatic carbocycles. The average molecular weight is 485 g/mol. The van der Waals surface area contributed by atoms with Crippen LogP contribution in [0, 0.1) is 5.92 Å². The van der Waals surface area contributed by atoms with Gasteiger partial charge in [-0.1, -0.05) is 127 Å². The lowest BCUT2D eigenvalue weighted by Crippen LogP contribution is -2.31. The SMILES string of the molecule is C1=CC2=Cc3c(ccc4c(-c5c6c(c(-c7ccccc7)c7ccccc57)=CCCC=6)cccc34)CC2C=C1. The van der Waals surface area contributed by atoms with Gasteiger partial charge in [-0.05, 0) is 90.2 Å². The highest BCUT2D eigenvalue weighted by molar-refractivity contribution is 6.11. The van der Waals surface area contributed by atoms with Crippen LogP contribution in [0.25, 0.3) is 62.0 Å². The molecule has 180 valence electrons. The standard InChI is InChI=1S/C38H28/c1-2-11-25(12-3-1)37-32-15-6-8-17-34(32)38(35-18-9-7-16-33(35)37)31-20-10-19-29-30(31)22-21-28-23-26-13-4-5-14-27(26)24-36(28)29/h1-6,8,10-22,24,26H,7,9,23H2. The Balaban J connectivity index is 1.47. The second kappa shape index (κ2) is 8.57. The zero-order chi connectivity index (χ0) is 25.1. The molecule has 0 nitrogen and oxygen atoms in total. The largest absolute Gasteiger partial charge is 0.0767 e. The van der Waals surface area contributed by atoms with Crippen molar-refractivity contribution in [2.45, 2.75) is 19.3 Å². The molecule has 0 N–H and O–H groups in total. The number of rotatable bonds is 2. The molecule has 1 unspecified atom stereocenters. The average Bonchev–Trinajstić information content (AvgIpc) is 2.99. The molecule has 0 saturated heterocycles. The minimum atomic E-state index is 0.500. The van der Waals surface area contributed by atoms with E-state index in [0.717, 1.165) is 19.3 Å². The van der Waals surface area contributed by atoms with Crippen molar-refractivity contribution in [1.82, 2.24) is 0 Å². The van der Waals surface area contributed by atoms with E-state index in [9.17, 15) is 0 Å². The van der Waals surface area contributed by atoms with Crippen LogP contribution in [0.3, 0.4) is 0 Å². The number of hydrogen-bond donors (Lipinski definition) is 0. The highest BCUT2D eigenvalue weighted by Gasteiger charge is 2.22. The lowest BCUT2D eigenvalue weighted by Gasteiger charge is -2.25. The zero-order valence-corrected chi connectivity index (χ0v) is 21.3. The van der Waals surface area contributed by atoms with Gasteiger partial charge in [0.1, 0.15) is 0 Å². The smallest absolute Gasteiger partial charge is 0.00619 e. The fourth-order valence-corrected chi connectivity index (χ4v) is 6.90. The van der Waals surface area contributed by atoms with Gasteiger partial charge in [-0.25, -0.2) is 0 Å². The minimum Gasteiger partial charge on any atom is -0.0767 e. The molecule has 0 saturated carbocycles. The molecule has 0 fully saturated rings. The first-order chi connectivity index (χ1) is 18.9. The maximum Gasteiger partial charge on any atom is 0.00619 e. The molecule has 0 radical (unpaired) electrons. The van der Waals surface area contributed by atoms with E-state index in [1.54, 1.807) is 0 Å². The van der Waals surface area contributed by atoms with Crippen LogP contribution in [-0.2, 0) is 6.42 Å². The summed E-state index contributed by atoms with van der Waals surface area (Å²) < 4.78 is 0. The summed E-state index contributed by atoms with van der Waals surface area (Å²) in [7, 11) is 0. The van der Waals surface area contributed by atoms with Gasteiger partial charge in [0.15, 0.2) is 0 Å². The first-order valence-corrected chi connectivity index (χ1v) is 13.8. The molecule has 8 rings (SSSR count). The Hall–Kier alpha value is -4.42. The highest BCUT2D eigenvalue weighted by atomic mass is 14.3. The van der Waals surface area contributed by atoms with E-state index in [-0.39, 0.29) is 0 Å². The lowest BCUT2D eigenvalue weighted by molar-refractivity contribution is 0.760. The molecule has 38 heavy (non-hydrogen) atoms. The molecule has 0 heterocycles. The van der Waals surface area contributed by atoms with Crippen LogP contribution in [0.2, 0.25) is 0 Å². The summed E-state index contributed by atoms with van der Waals surface area (Å²) >= 11 is 0. The number of fused-ring (bicyclic) bond motifs is 6. The van der Waals surface area contributed by atoms with E-state index >= 15 is 0 Å². The third-order valence-corrected chi connectivity index (χ3v) is 8.61. The van der Waals surface area contributed by atoms with Gasteiger partial charge in [0.05, 0.1) is 0 Å². The fraction of sp³-hybridized carbons (Fsp3) is 0.105. The highest BCUT2D eigenvalue weighted by Crippen LogP contribution is 2.40. The Morgan fingerprint density at radius 2 is 1.32 bits per heavy atom. The van der Waals surface area contributed by atoms with Gasteiger partial charge in [0, 0.05) is 5.92 Å². The molecule has 3 aliphatic rings. The van der Waals surface area contributed by atoms with E-state index in [0.29, 0.717) is 5.92 Å². The van der Waals surface area contributed by atoms with Gasteiger partial charge in [-0.2, -0.15) is 0 Å². The molecule has 0 heteroatoms. The summed E-state index contributed by atoms with van der Waals surface area (Å²) in [5.74, 6) is 0.500. The molecular formula is C38H28. The summed E-state index contributed by atoms with van der Waals surface area (Å²) in [5, 5.41) is 8.14. The summed E-state index contributed by atoms with van der Waals surface area (Å²) in [6.45, 7) is 0. The third-order valence-electron chi connectivity index (χ3n) is 8.61. The van der Waals surface area contributed by atoms with Crippen LogP contribution in [0.5, 0.6) is 0 Å². The van der Waals surface area contributed by atoms with Crippen LogP contribution in [-0.4, -0.2) is 0 Å². The topological polar surface area (TPSA) is 0 Å². The van der Waals surface area contributed by atoms with E-state index in [1.807, 2.05) is 0 Å². The van der Waals surface area contributed by atoms with Crippen LogP contribution < -0.4 is 10.4 Å². The monoisotopic (exact) mass is 484 g/mol. The van der Waals surface area contributed by atoms with Crippen molar-refractivity contribution in [2.75, 3.05) is 0 Å². The third kappa shape index (κ3) is 3.23. The Labute approximate surface area is 223 Å². The molecule has 0 amide bonds. The lowest BCUT2D eigenvalue weighted by atomic mass is 9.79. The van der Waals surface area contributed by atoms with Gasteiger partial charge in [0.2, 0.25) is 0 Å². The molecule has 0 spiro atoms. The maximum atomic E-state index is 2.48. The number of hydrogen-bond acceptors (Lipinski definition) is 0. The van der Waals surface area contributed by atoms with Gasteiger partial charge >= 0.3 is 0 Å². The molecular weight excluding hydrogens is 456 g/mol. The van der Waals surface area contributed by atoms with Crippen molar-refractivity contribution in [3.8, 4) is 22.3 Å². The maximum absolute atomic E-state index is 2.48. The van der Waals surface area contributed by atoms with E-state index in [4.69, 9.17) is 0 Å². The number of allylic oxidation sites excluding steroid dienone is 5. The van der Waals surface area contributed by atoms with Gasteiger partial charge in [0.25, 0.3) is 0 Å². The second-order valence-corrected chi connectivity index (χ2v) is 10.7. The van der Waals surface area contributed by atoms with Crippen molar-refractivity contribution >= 4 is 39.8 Å².